The predicted molar refractivity (Wildman–Crippen MR) is 67.1 cm³/mol. The van der Waals surface area contributed by atoms with Crippen LogP contribution in [0.25, 0.3) is 0 Å². The molecule has 3 unspecified atom stereocenters. The lowest BCUT2D eigenvalue weighted by atomic mass is 10.0. The molecule has 17 heavy (non-hydrogen) atoms. The van der Waals surface area contributed by atoms with Gasteiger partial charge in [0.1, 0.15) is 11.6 Å². The van der Waals surface area contributed by atoms with Gasteiger partial charge in [-0.2, -0.15) is 0 Å². The smallest absolute Gasteiger partial charge is 0.128 e. The zero-order valence-corrected chi connectivity index (χ0v) is 11.3. The highest BCUT2D eigenvalue weighted by Gasteiger charge is 2.55. The van der Waals surface area contributed by atoms with Crippen molar-refractivity contribution in [2.45, 2.75) is 31.0 Å². The molecule has 0 nitrogen and oxygen atoms in total. The molecule has 1 aromatic carbocycles. The standard InChI is InChI=1S/C14H15BrF2/c1-7-5-12(17)10(6-11(7)16)14(15)13-8-3-2-4-9(8)13/h5-6,8-9,13-14H,2-4H2,1H3. The van der Waals surface area contributed by atoms with Gasteiger partial charge in [0.25, 0.3) is 0 Å². The maximum absolute atomic E-state index is 13.8. The van der Waals surface area contributed by atoms with Crippen LogP contribution in [0.2, 0.25) is 0 Å². The Bertz CT molecular complexity index is 448. The number of hydrogen-bond donors (Lipinski definition) is 0. The monoisotopic (exact) mass is 300 g/mol. The van der Waals surface area contributed by atoms with Gasteiger partial charge in [-0.1, -0.05) is 22.4 Å². The Morgan fingerprint density at radius 1 is 1.18 bits per heavy atom. The molecule has 0 amide bonds. The van der Waals surface area contributed by atoms with E-state index in [-0.39, 0.29) is 16.5 Å². The highest BCUT2D eigenvalue weighted by atomic mass is 79.9. The Balaban J connectivity index is 1.87. The van der Waals surface area contributed by atoms with Gasteiger partial charge < -0.3 is 0 Å². The van der Waals surface area contributed by atoms with E-state index in [1.807, 2.05) is 0 Å². The Morgan fingerprint density at radius 2 is 1.82 bits per heavy atom. The van der Waals surface area contributed by atoms with Crippen LogP contribution in [0.4, 0.5) is 8.78 Å². The van der Waals surface area contributed by atoms with Crippen molar-refractivity contribution in [3.63, 3.8) is 0 Å². The summed E-state index contributed by atoms with van der Waals surface area (Å²) in [6, 6.07) is 2.66. The first-order valence-electron chi connectivity index (χ1n) is 6.19. The molecule has 2 aliphatic carbocycles. The molecule has 0 heterocycles. The largest absolute Gasteiger partial charge is 0.207 e. The van der Waals surface area contributed by atoms with Crippen molar-refractivity contribution in [3.05, 3.63) is 34.9 Å². The van der Waals surface area contributed by atoms with Crippen LogP contribution in [0.15, 0.2) is 12.1 Å². The summed E-state index contributed by atoms with van der Waals surface area (Å²) in [4.78, 5) is -0.0205. The summed E-state index contributed by atoms with van der Waals surface area (Å²) in [5.41, 5.74) is 0.870. The van der Waals surface area contributed by atoms with Crippen molar-refractivity contribution >= 4 is 15.9 Å². The second kappa shape index (κ2) is 4.04. The number of benzene rings is 1. The SMILES string of the molecule is Cc1cc(F)c(C(Br)C2C3CCCC32)cc1F. The number of rotatable bonds is 2. The van der Waals surface area contributed by atoms with Crippen molar-refractivity contribution in [3.8, 4) is 0 Å². The van der Waals surface area contributed by atoms with E-state index in [9.17, 15) is 8.78 Å². The number of fused-ring (bicyclic) bond motifs is 1. The molecule has 0 aromatic heterocycles. The first-order chi connectivity index (χ1) is 8.09. The highest BCUT2D eigenvalue weighted by Crippen LogP contribution is 2.64. The molecule has 3 rings (SSSR count). The van der Waals surface area contributed by atoms with Crippen LogP contribution in [0.3, 0.4) is 0 Å². The van der Waals surface area contributed by atoms with Crippen molar-refractivity contribution in [2.75, 3.05) is 0 Å². The fraction of sp³-hybridized carbons (Fsp3) is 0.571. The first-order valence-corrected chi connectivity index (χ1v) is 7.11. The summed E-state index contributed by atoms with van der Waals surface area (Å²) >= 11 is 3.57. The molecule has 2 fully saturated rings. The molecule has 3 atom stereocenters. The van der Waals surface area contributed by atoms with Gasteiger partial charge in [0.2, 0.25) is 0 Å². The van der Waals surface area contributed by atoms with E-state index in [4.69, 9.17) is 0 Å². The molecule has 2 saturated carbocycles. The third kappa shape index (κ3) is 1.83. The predicted octanol–water partition coefficient (Wildman–Crippen LogP) is 4.76. The fourth-order valence-electron chi connectivity index (χ4n) is 3.39. The zero-order chi connectivity index (χ0) is 12.2. The number of alkyl halides is 1. The summed E-state index contributed by atoms with van der Waals surface area (Å²) in [6.07, 6.45) is 3.82. The Hall–Kier alpha value is -0.440. The van der Waals surface area contributed by atoms with E-state index < -0.39 is 0 Å². The minimum atomic E-state index is -0.309. The third-order valence-electron chi connectivity index (χ3n) is 4.39. The van der Waals surface area contributed by atoms with Crippen LogP contribution in [0.1, 0.15) is 35.2 Å². The minimum absolute atomic E-state index is 0.0205. The molecule has 0 aliphatic heterocycles. The quantitative estimate of drug-likeness (QED) is 0.691. The molecule has 0 saturated heterocycles. The summed E-state index contributed by atoms with van der Waals surface area (Å²) in [6.45, 7) is 1.59. The number of hydrogen-bond acceptors (Lipinski definition) is 0. The lowest BCUT2D eigenvalue weighted by Gasteiger charge is -2.14. The molecule has 0 N–H and O–H groups in total. The van der Waals surface area contributed by atoms with Crippen LogP contribution >= 0.6 is 15.9 Å². The van der Waals surface area contributed by atoms with Gasteiger partial charge in [0.05, 0.1) is 0 Å². The molecule has 0 bridgehead atoms. The summed E-state index contributed by atoms with van der Waals surface area (Å²) in [7, 11) is 0. The van der Waals surface area contributed by atoms with E-state index >= 15 is 0 Å². The molecular weight excluding hydrogens is 286 g/mol. The Kier molecular flexibility index (Phi) is 2.77. The van der Waals surface area contributed by atoms with Gasteiger partial charge in [-0.3, -0.25) is 0 Å². The van der Waals surface area contributed by atoms with Gasteiger partial charge in [0.15, 0.2) is 0 Å². The van der Waals surface area contributed by atoms with Gasteiger partial charge in [-0.15, -0.1) is 0 Å². The van der Waals surface area contributed by atoms with Gasteiger partial charge in [-0.05, 0) is 55.2 Å². The average Bonchev–Trinajstić information content (AvgIpc) is 2.76. The second-order valence-electron chi connectivity index (χ2n) is 5.36. The Morgan fingerprint density at radius 3 is 2.47 bits per heavy atom. The second-order valence-corrected chi connectivity index (χ2v) is 6.35. The van der Waals surface area contributed by atoms with E-state index in [0.717, 1.165) is 11.8 Å². The lowest BCUT2D eigenvalue weighted by molar-refractivity contribution is 0.541. The number of halogens is 3. The molecule has 0 spiro atoms. The van der Waals surface area contributed by atoms with E-state index in [1.165, 1.54) is 31.4 Å². The van der Waals surface area contributed by atoms with Crippen LogP contribution in [-0.4, -0.2) is 0 Å². The minimum Gasteiger partial charge on any atom is -0.207 e. The van der Waals surface area contributed by atoms with Crippen LogP contribution < -0.4 is 0 Å². The van der Waals surface area contributed by atoms with Crippen molar-refractivity contribution in [1.82, 2.24) is 0 Å². The van der Waals surface area contributed by atoms with Crippen molar-refractivity contribution in [1.29, 1.82) is 0 Å². The zero-order valence-electron chi connectivity index (χ0n) is 9.72. The summed E-state index contributed by atoms with van der Waals surface area (Å²) in [5.74, 6) is 1.40. The normalized spacial score (nSPS) is 32.4. The van der Waals surface area contributed by atoms with Gasteiger partial charge in [0, 0.05) is 10.4 Å². The maximum Gasteiger partial charge on any atom is 0.128 e. The van der Waals surface area contributed by atoms with E-state index in [0.29, 0.717) is 17.0 Å². The van der Waals surface area contributed by atoms with Crippen LogP contribution in [0.5, 0.6) is 0 Å². The van der Waals surface area contributed by atoms with E-state index in [1.54, 1.807) is 6.92 Å². The maximum atomic E-state index is 13.8. The van der Waals surface area contributed by atoms with Crippen LogP contribution in [-0.2, 0) is 0 Å². The first kappa shape index (κ1) is 11.6. The summed E-state index contributed by atoms with van der Waals surface area (Å²) in [5, 5.41) is 0. The topological polar surface area (TPSA) is 0 Å². The third-order valence-corrected chi connectivity index (χ3v) is 5.49. The average molecular weight is 301 g/mol. The molecular formula is C14H15BrF2. The Labute approximate surface area is 109 Å². The lowest BCUT2D eigenvalue weighted by Crippen LogP contribution is -2.02. The number of aryl methyl sites for hydroxylation is 1. The van der Waals surface area contributed by atoms with Crippen molar-refractivity contribution < 1.29 is 8.78 Å². The van der Waals surface area contributed by atoms with Gasteiger partial charge in [-0.25, -0.2) is 8.78 Å². The molecule has 2 aliphatic rings. The van der Waals surface area contributed by atoms with Gasteiger partial charge >= 0.3 is 0 Å². The fourth-order valence-corrected chi connectivity index (χ4v) is 4.53. The van der Waals surface area contributed by atoms with Crippen molar-refractivity contribution in [2.24, 2.45) is 17.8 Å². The molecule has 92 valence electrons. The highest BCUT2D eigenvalue weighted by molar-refractivity contribution is 9.09. The summed E-state index contributed by atoms with van der Waals surface area (Å²) < 4.78 is 27.4. The molecule has 3 heteroatoms. The van der Waals surface area contributed by atoms with Crippen LogP contribution in [0, 0.1) is 36.3 Å². The molecule has 1 aromatic rings. The van der Waals surface area contributed by atoms with E-state index in [2.05, 4.69) is 15.9 Å². The molecule has 0 radical (unpaired) electrons.